The molecule has 1 aromatic carbocycles. The van der Waals surface area contributed by atoms with Gasteiger partial charge in [0.25, 0.3) is 0 Å². The summed E-state index contributed by atoms with van der Waals surface area (Å²) in [5.74, 6) is -1.36. The Morgan fingerprint density at radius 1 is 1.29 bits per heavy atom. The predicted molar refractivity (Wildman–Crippen MR) is 108 cm³/mol. The van der Waals surface area contributed by atoms with Crippen molar-refractivity contribution in [3.8, 4) is 11.1 Å². The number of aromatic nitrogens is 1. The van der Waals surface area contributed by atoms with E-state index in [4.69, 9.17) is 16.3 Å². The van der Waals surface area contributed by atoms with E-state index in [0.29, 0.717) is 28.4 Å². The van der Waals surface area contributed by atoms with Crippen LogP contribution in [-0.2, 0) is 9.53 Å². The van der Waals surface area contributed by atoms with E-state index < -0.39 is 23.6 Å². The predicted octanol–water partition coefficient (Wildman–Crippen LogP) is 5.42. The number of carboxylic acids is 1. The number of carbonyl (C=O) groups is 2. The lowest BCUT2D eigenvalue weighted by Crippen LogP contribution is -2.27. The van der Waals surface area contributed by atoms with Crippen LogP contribution in [0.25, 0.3) is 11.1 Å². The van der Waals surface area contributed by atoms with Gasteiger partial charge < -0.3 is 9.84 Å². The summed E-state index contributed by atoms with van der Waals surface area (Å²) in [6, 6.07) is 7.06. The molecule has 1 amide bonds. The summed E-state index contributed by atoms with van der Waals surface area (Å²) < 4.78 is 5.33. The van der Waals surface area contributed by atoms with Crippen molar-refractivity contribution in [3.63, 3.8) is 0 Å². The summed E-state index contributed by atoms with van der Waals surface area (Å²) in [6.07, 6.45) is 1.59. The standard InChI is InChI=1S/C21H23ClN2O4/c1-11-7-16(19(25)26)18-14(11)8-12(10-23-18)15-9-13(22)5-6-17(15)24-20(27)28-21(2,3)4/h5-6,8-11,16H,7H2,1-4H3,(H,24,27)(H,25,26). The van der Waals surface area contributed by atoms with Gasteiger partial charge in [0.05, 0.1) is 17.3 Å². The van der Waals surface area contributed by atoms with Crippen LogP contribution in [0.3, 0.4) is 0 Å². The highest BCUT2D eigenvalue weighted by atomic mass is 35.5. The number of nitrogens with zero attached hydrogens (tertiary/aromatic N) is 1. The second-order valence-corrected chi connectivity index (χ2v) is 8.48. The highest BCUT2D eigenvalue weighted by Gasteiger charge is 2.34. The van der Waals surface area contributed by atoms with Gasteiger partial charge in [-0.1, -0.05) is 18.5 Å². The number of anilines is 1. The Kier molecular flexibility index (Phi) is 5.35. The second-order valence-electron chi connectivity index (χ2n) is 8.04. The first-order valence-corrected chi connectivity index (χ1v) is 9.45. The average Bonchev–Trinajstić information content (AvgIpc) is 2.91. The highest BCUT2D eigenvalue weighted by Crippen LogP contribution is 2.42. The van der Waals surface area contributed by atoms with Crippen LogP contribution >= 0.6 is 11.6 Å². The van der Waals surface area contributed by atoms with Gasteiger partial charge in [0.15, 0.2) is 0 Å². The molecular weight excluding hydrogens is 380 g/mol. The molecule has 0 fully saturated rings. The lowest BCUT2D eigenvalue weighted by atomic mass is 9.99. The van der Waals surface area contributed by atoms with Gasteiger partial charge in [-0.2, -0.15) is 0 Å². The average molecular weight is 403 g/mol. The molecule has 0 spiro atoms. The van der Waals surface area contributed by atoms with E-state index in [-0.39, 0.29) is 5.92 Å². The minimum atomic E-state index is -0.860. The third-order valence-corrected chi connectivity index (χ3v) is 4.86. The summed E-state index contributed by atoms with van der Waals surface area (Å²) in [4.78, 5) is 28.1. The molecule has 28 heavy (non-hydrogen) atoms. The van der Waals surface area contributed by atoms with Crippen molar-refractivity contribution in [2.75, 3.05) is 5.32 Å². The molecule has 7 heteroatoms. The molecule has 148 valence electrons. The molecule has 0 radical (unpaired) electrons. The van der Waals surface area contributed by atoms with E-state index in [1.54, 1.807) is 45.2 Å². The zero-order valence-corrected chi connectivity index (χ0v) is 17.0. The fraction of sp³-hybridized carbons (Fsp3) is 0.381. The molecule has 0 aliphatic heterocycles. The minimum absolute atomic E-state index is 0.0880. The Labute approximate surface area is 168 Å². The first-order chi connectivity index (χ1) is 13.0. The SMILES string of the molecule is CC1CC(C(=O)O)c2ncc(-c3cc(Cl)ccc3NC(=O)OC(C)(C)C)cc21. The number of nitrogens with one attached hydrogen (secondary N) is 1. The zero-order valence-electron chi connectivity index (χ0n) is 16.2. The van der Waals surface area contributed by atoms with Crippen molar-refractivity contribution in [2.45, 2.75) is 51.6 Å². The van der Waals surface area contributed by atoms with Crippen LogP contribution in [0.2, 0.25) is 5.02 Å². The van der Waals surface area contributed by atoms with Crippen LogP contribution in [0.15, 0.2) is 30.5 Å². The molecule has 2 N–H and O–H groups in total. The topological polar surface area (TPSA) is 88.5 Å². The lowest BCUT2D eigenvalue weighted by molar-refractivity contribution is -0.138. The number of hydrogen-bond donors (Lipinski definition) is 2. The first-order valence-electron chi connectivity index (χ1n) is 9.07. The second kappa shape index (κ2) is 7.43. The smallest absolute Gasteiger partial charge is 0.412 e. The minimum Gasteiger partial charge on any atom is -0.481 e. The molecule has 2 atom stereocenters. The number of pyridine rings is 1. The number of ether oxygens (including phenoxy) is 1. The van der Waals surface area contributed by atoms with Crippen molar-refractivity contribution in [1.82, 2.24) is 4.98 Å². The number of fused-ring (bicyclic) bond motifs is 1. The molecule has 2 unspecified atom stereocenters. The Morgan fingerprint density at radius 2 is 2.00 bits per heavy atom. The Balaban J connectivity index is 1.98. The van der Waals surface area contributed by atoms with E-state index in [2.05, 4.69) is 10.3 Å². The van der Waals surface area contributed by atoms with Crippen LogP contribution in [0, 0.1) is 0 Å². The van der Waals surface area contributed by atoms with E-state index in [9.17, 15) is 14.7 Å². The van der Waals surface area contributed by atoms with Gasteiger partial charge in [0, 0.05) is 22.3 Å². The molecule has 6 nitrogen and oxygen atoms in total. The maximum atomic E-state index is 12.2. The third-order valence-electron chi connectivity index (χ3n) is 4.63. The molecule has 1 aliphatic rings. The van der Waals surface area contributed by atoms with Crippen molar-refractivity contribution in [1.29, 1.82) is 0 Å². The van der Waals surface area contributed by atoms with Crippen molar-refractivity contribution < 1.29 is 19.4 Å². The fourth-order valence-electron chi connectivity index (χ4n) is 3.41. The van der Waals surface area contributed by atoms with E-state index >= 15 is 0 Å². The normalized spacial score (nSPS) is 18.5. The molecule has 0 saturated carbocycles. The highest BCUT2D eigenvalue weighted by molar-refractivity contribution is 6.31. The number of carboxylic acid groups (broad SMARTS) is 1. The summed E-state index contributed by atoms with van der Waals surface area (Å²) >= 11 is 6.18. The Hall–Kier alpha value is -2.60. The number of halogens is 1. The zero-order chi connectivity index (χ0) is 20.6. The lowest BCUT2D eigenvalue weighted by Gasteiger charge is -2.20. The number of aliphatic carboxylic acids is 1. The number of carbonyl (C=O) groups excluding carboxylic acids is 1. The Bertz CT molecular complexity index is 936. The number of rotatable bonds is 3. The van der Waals surface area contributed by atoms with Crippen LogP contribution in [0.5, 0.6) is 0 Å². The van der Waals surface area contributed by atoms with Crippen LogP contribution in [0.1, 0.15) is 57.2 Å². The van der Waals surface area contributed by atoms with Crippen LogP contribution in [-0.4, -0.2) is 27.8 Å². The van der Waals surface area contributed by atoms with Gasteiger partial charge in [0.1, 0.15) is 5.60 Å². The number of amides is 1. The summed E-state index contributed by atoms with van der Waals surface area (Å²) in [7, 11) is 0. The van der Waals surface area contributed by atoms with E-state index in [1.165, 1.54) is 0 Å². The number of hydrogen-bond acceptors (Lipinski definition) is 4. The quantitative estimate of drug-likeness (QED) is 0.715. The monoisotopic (exact) mass is 402 g/mol. The molecule has 0 saturated heterocycles. The Morgan fingerprint density at radius 3 is 2.64 bits per heavy atom. The van der Waals surface area contributed by atoms with Crippen LogP contribution in [0.4, 0.5) is 10.5 Å². The van der Waals surface area contributed by atoms with Gasteiger partial charge >= 0.3 is 12.1 Å². The molecular formula is C21H23ClN2O4. The summed E-state index contributed by atoms with van der Waals surface area (Å²) in [6.45, 7) is 7.37. The van der Waals surface area contributed by atoms with Gasteiger partial charge in [-0.15, -0.1) is 0 Å². The molecule has 1 aromatic heterocycles. The maximum Gasteiger partial charge on any atom is 0.412 e. The van der Waals surface area contributed by atoms with Crippen molar-refractivity contribution in [3.05, 3.63) is 46.7 Å². The largest absolute Gasteiger partial charge is 0.481 e. The molecule has 3 rings (SSSR count). The summed E-state index contributed by atoms with van der Waals surface area (Å²) in [5.41, 5.74) is 2.89. The van der Waals surface area contributed by atoms with Gasteiger partial charge in [-0.25, -0.2) is 4.79 Å². The third kappa shape index (κ3) is 4.28. The van der Waals surface area contributed by atoms with Gasteiger partial charge in [0.2, 0.25) is 0 Å². The molecule has 1 aliphatic carbocycles. The van der Waals surface area contributed by atoms with Gasteiger partial charge in [-0.05, 0) is 62.9 Å². The molecule has 1 heterocycles. The van der Waals surface area contributed by atoms with Crippen LogP contribution < -0.4 is 5.32 Å². The van der Waals surface area contributed by atoms with Crippen molar-refractivity contribution >= 4 is 29.4 Å². The summed E-state index contributed by atoms with van der Waals surface area (Å²) in [5, 5.41) is 12.7. The van der Waals surface area contributed by atoms with Gasteiger partial charge in [-0.3, -0.25) is 15.1 Å². The fourth-order valence-corrected chi connectivity index (χ4v) is 3.59. The van der Waals surface area contributed by atoms with E-state index in [1.807, 2.05) is 13.0 Å². The first kappa shape index (κ1) is 20.1. The number of benzene rings is 1. The maximum absolute atomic E-state index is 12.2. The van der Waals surface area contributed by atoms with E-state index in [0.717, 1.165) is 11.1 Å². The molecule has 0 bridgehead atoms. The molecule has 2 aromatic rings. The van der Waals surface area contributed by atoms with Crippen molar-refractivity contribution in [2.24, 2.45) is 0 Å².